The maximum atomic E-state index is 11.4. The Labute approximate surface area is 107 Å². The van der Waals surface area contributed by atoms with Crippen molar-refractivity contribution in [1.29, 1.82) is 0 Å². The number of aromatic nitrogens is 2. The molecule has 96 valence electrons. The summed E-state index contributed by atoms with van der Waals surface area (Å²) >= 11 is 5.98. The van der Waals surface area contributed by atoms with Crippen molar-refractivity contribution in [2.24, 2.45) is 0 Å². The molecule has 0 unspecified atom stereocenters. The Morgan fingerprint density at radius 2 is 2.24 bits per heavy atom. The van der Waals surface area contributed by atoms with Gasteiger partial charge in [0.25, 0.3) is 0 Å². The SMILES string of the molecule is CCCCNC(=O)NCc1c(Cl)cnn1CC. The van der Waals surface area contributed by atoms with Crippen molar-refractivity contribution < 1.29 is 4.79 Å². The molecule has 0 atom stereocenters. The van der Waals surface area contributed by atoms with Gasteiger partial charge in [0.2, 0.25) is 0 Å². The quantitative estimate of drug-likeness (QED) is 0.768. The largest absolute Gasteiger partial charge is 0.338 e. The van der Waals surface area contributed by atoms with E-state index in [-0.39, 0.29) is 6.03 Å². The molecule has 5 nitrogen and oxygen atoms in total. The first-order valence-corrected chi connectivity index (χ1v) is 6.28. The Morgan fingerprint density at radius 3 is 2.88 bits per heavy atom. The van der Waals surface area contributed by atoms with Gasteiger partial charge >= 0.3 is 6.03 Å². The summed E-state index contributed by atoms with van der Waals surface area (Å²) in [5.41, 5.74) is 0.833. The highest BCUT2D eigenvalue weighted by atomic mass is 35.5. The fourth-order valence-corrected chi connectivity index (χ4v) is 1.65. The molecule has 1 aromatic rings. The summed E-state index contributed by atoms with van der Waals surface area (Å²) < 4.78 is 1.77. The number of unbranched alkanes of at least 4 members (excludes halogenated alkanes) is 1. The topological polar surface area (TPSA) is 59.0 Å². The molecule has 1 rings (SSSR count). The van der Waals surface area contributed by atoms with Crippen LogP contribution in [0, 0.1) is 0 Å². The highest BCUT2D eigenvalue weighted by molar-refractivity contribution is 6.31. The van der Waals surface area contributed by atoms with E-state index in [1.54, 1.807) is 10.9 Å². The van der Waals surface area contributed by atoms with E-state index in [0.29, 0.717) is 18.1 Å². The van der Waals surface area contributed by atoms with Gasteiger partial charge in [-0.3, -0.25) is 4.68 Å². The lowest BCUT2D eigenvalue weighted by atomic mass is 10.3. The lowest BCUT2D eigenvalue weighted by molar-refractivity contribution is 0.240. The van der Waals surface area contributed by atoms with Gasteiger partial charge in [-0.2, -0.15) is 5.10 Å². The molecular formula is C11H19ClN4O. The van der Waals surface area contributed by atoms with E-state index in [4.69, 9.17) is 11.6 Å². The average Bonchev–Trinajstić information content (AvgIpc) is 2.67. The van der Waals surface area contributed by atoms with E-state index in [1.807, 2.05) is 6.92 Å². The van der Waals surface area contributed by atoms with Gasteiger partial charge in [0.1, 0.15) is 0 Å². The van der Waals surface area contributed by atoms with Gasteiger partial charge in [-0.05, 0) is 13.3 Å². The second kappa shape index (κ2) is 7.17. The lowest BCUT2D eigenvalue weighted by Crippen LogP contribution is -2.36. The Hall–Kier alpha value is -1.23. The van der Waals surface area contributed by atoms with Crippen LogP contribution in [0.25, 0.3) is 0 Å². The Kier molecular flexibility index (Phi) is 5.83. The zero-order chi connectivity index (χ0) is 12.7. The van der Waals surface area contributed by atoms with Crippen LogP contribution in [0.2, 0.25) is 5.02 Å². The number of hydrogen-bond donors (Lipinski definition) is 2. The average molecular weight is 259 g/mol. The first-order chi connectivity index (χ1) is 8.19. The van der Waals surface area contributed by atoms with E-state index in [0.717, 1.165) is 25.1 Å². The maximum Gasteiger partial charge on any atom is 0.315 e. The van der Waals surface area contributed by atoms with Crippen molar-refractivity contribution in [3.05, 3.63) is 16.9 Å². The first kappa shape index (κ1) is 13.8. The van der Waals surface area contributed by atoms with Gasteiger partial charge < -0.3 is 10.6 Å². The van der Waals surface area contributed by atoms with Crippen LogP contribution in [0.15, 0.2) is 6.20 Å². The fourth-order valence-electron chi connectivity index (χ4n) is 1.44. The zero-order valence-corrected chi connectivity index (χ0v) is 11.0. The summed E-state index contributed by atoms with van der Waals surface area (Å²) in [6, 6.07) is -0.168. The summed E-state index contributed by atoms with van der Waals surface area (Å²) in [5, 5.41) is 10.2. The van der Waals surface area contributed by atoms with Gasteiger partial charge in [0.05, 0.1) is 23.5 Å². The molecule has 0 aromatic carbocycles. The number of urea groups is 1. The first-order valence-electron chi connectivity index (χ1n) is 5.90. The molecule has 2 amide bonds. The lowest BCUT2D eigenvalue weighted by Gasteiger charge is -2.08. The minimum Gasteiger partial charge on any atom is -0.338 e. The number of halogens is 1. The highest BCUT2D eigenvalue weighted by Gasteiger charge is 2.08. The van der Waals surface area contributed by atoms with E-state index in [2.05, 4.69) is 22.7 Å². The van der Waals surface area contributed by atoms with Crippen molar-refractivity contribution >= 4 is 17.6 Å². The molecule has 2 N–H and O–H groups in total. The molecule has 0 radical (unpaired) electrons. The van der Waals surface area contributed by atoms with Gasteiger partial charge in [-0.15, -0.1) is 0 Å². The van der Waals surface area contributed by atoms with Crippen LogP contribution in [0.5, 0.6) is 0 Å². The molecule has 6 heteroatoms. The Morgan fingerprint density at radius 1 is 1.47 bits per heavy atom. The number of carbonyl (C=O) groups is 1. The summed E-state index contributed by atoms with van der Waals surface area (Å²) in [7, 11) is 0. The van der Waals surface area contributed by atoms with Crippen LogP contribution < -0.4 is 10.6 Å². The molecule has 1 aromatic heterocycles. The minimum atomic E-state index is -0.168. The Balaban J connectivity index is 2.39. The summed E-state index contributed by atoms with van der Waals surface area (Å²) in [4.78, 5) is 11.4. The molecule has 0 aliphatic rings. The molecule has 0 spiro atoms. The molecule has 0 saturated heterocycles. The van der Waals surface area contributed by atoms with Gasteiger partial charge in [0, 0.05) is 13.1 Å². The van der Waals surface area contributed by atoms with E-state index < -0.39 is 0 Å². The predicted molar refractivity (Wildman–Crippen MR) is 68.1 cm³/mol. The van der Waals surface area contributed by atoms with Crippen LogP contribution in [-0.2, 0) is 13.1 Å². The maximum absolute atomic E-state index is 11.4. The molecule has 0 aliphatic carbocycles. The monoisotopic (exact) mass is 258 g/mol. The third kappa shape index (κ3) is 4.26. The number of rotatable bonds is 6. The molecule has 1 heterocycles. The Bertz CT molecular complexity index is 364. The normalized spacial score (nSPS) is 10.3. The number of amides is 2. The van der Waals surface area contributed by atoms with Crippen molar-refractivity contribution in [2.75, 3.05) is 6.54 Å². The molecule has 0 fully saturated rings. The van der Waals surface area contributed by atoms with Crippen molar-refractivity contribution in [3.63, 3.8) is 0 Å². The number of aryl methyl sites for hydroxylation is 1. The number of nitrogens with zero attached hydrogens (tertiary/aromatic N) is 2. The standard InChI is InChI=1S/C11H19ClN4O/c1-3-5-6-13-11(17)14-8-10-9(12)7-15-16(10)4-2/h7H,3-6,8H2,1-2H3,(H2,13,14,17). The predicted octanol–water partition coefficient (Wildman–Crippen LogP) is 2.16. The third-order valence-electron chi connectivity index (χ3n) is 2.43. The van der Waals surface area contributed by atoms with Crippen molar-refractivity contribution in [3.8, 4) is 0 Å². The van der Waals surface area contributed by atoms with Crippen molar-refractivity contribution in [2.45, 2.75) is 39.8 Å². The number of hydrogen-bond acceptors (Lipinski definition) is 2. The van der Waals surface area contributed by atoms with Crippen LogP contribution in [0.1, 0.15) is 32.4 Å². The van der Waals surface area contributed by atoms with Crippen molar-refractivity contribution in [1.82, 2.24) is 20.4 Å². The van der Waals surface area contributed by atoms with E-state index >= 15 is 0 Å². The second-order valence-electron chi connectivity index (χ2n) is 3.72. The van der Waals surface area contributed by atoms with Crippen LogP contribution in [-0.4, -0.2) is 22.4 Å². The highest BCUT2D eigenvalue weighted by Crippen LogP contribution is 2.14. The smallest absolute Gasteiger partial charge is 0.315 e. The van der Waals surface area contributed by atoms with E-state index in [1.165, 1.54) is 0 Å². The van der Waals surface area contributed by atoms with Crippen LogP contribution in [0.3, 0.4) is 0 Å². The molecule has 0 bridgehead atoms. The van der Waals surface area contributed by atoms with Gasteiger partial charge in [-0.25, -0.2) is 4.79 Å². The van der Waals surface area contributed by atoms with Gasteiger partial charge in [-0.1, -0.05) is 24.9 Å². The third-order valence-corrected chi connectivity index (χ3v) is 2.75. The summed E-state index contributed by atoms with van der Waals surface area (Å²) in [6.45, 7) is 5.89. The number of carbonyl (C=O) groups excluding carboxylic acids is 1. The summed E-state index contributed by atoms with van der Waals surface area (Å²) in [6.07, 6.45) is 3.65. The second-order valence-corrected chi connectivity index (χ2v) is 4.13. The van der Waals surface area contributed by atoms with E-state index in [9.17, 15) is 4.79 Å². The molecule has 0 aliphatic heterocycles. The van der Waals surface area contributed by atoms with Gasteiger partial charge in [0.15, 0.2) is 0 Å². The summed E-state index contributed by atoms with van der Waals surface area (Å²) in [5.74, 6) is 0. The van der Waals surface area contributed by atoms with Crippen LogP contribution in [0.4, 0.5) is 4.79 Å². The molecular weight excluding hydrogens is 240 g/mol. The molecule has 0 saturated carbocycles. The number of nitrogens with one attached hydrogen (secondary N) is 2. The minimum absolute atomic E-state index is 0.168. The molecule has 17 heavy (non-hydrogen) atoms. The van der Waals surface area contributed by atoms with Crippen LogP contribution >= 0.6 is 11.6 Å². The fraction of sp³-hybridized carbons (Fsp3) is 0.636. The zero-order valence-electron chi connectivity index (χ0n) is 10.3.